The first-order valence-corrected chi connectivity index (χ1v) is 7.07. The van der Waals surface area contributed by atoms with Gasteiger partial charge in [-0.3, -0.25) is 5.10 Å². The number of aryl methyl sites for hydroxylation is 1. The summed E-state index contributed by atoms with van der Waals surface area (Å²) < 4.78 is 0. The van der Waals surface area contributed by atoms with Crippen LogP contribution in [0.25, 0.3) is 0 Å². The average Bonchev–Trinajstić information content (AvgIpc) is 2.71. The maximum absolute atomic E-state index is 4.44. The SMILES string of the molecule is CC(C)(C)NCCNCc1n[nH]c2c1CCCC2. The fourth-order valence-corrected chi connectivity index (χ4v) is 2.43. The Labute approximate surface area is 110 Å². The monoisotopic (exact) mass is 250 g/mol. The molecule has 0 saturated carbocycles. The van der Waals surface area contributed by atoms with Gasteiger partial charge < -0.3 is 10.6 Å². The van der Waals surface area contributed by atoms with Gasteiger partial charge in [0.15, 0.2) is 0 Å². The third kappa shape index (κ3) is 3.82. The molecule has 0 spiro atoms. The van der Waals surface area contributed by atoms with Crippen molar-refractivity contribution in [2.24, 2.45) is 0 Å². The first-order valence-electron chi connectivity index (χ1n) is 7.07. The molecule has 2 rings (SSSR count). The highest BCUT2D eigenvalue weighted by Gasteiger charge is 2.16. The summed E-state index contributed by atoms with van der Waals surface area (Å²) in [5, 5.41) is 14.6. The number of nitrogens with zero attached hydrogens (tertiary/aromatic N) is 1. The lowest BCUT2D eigenvalue weighted by atomic mass is 9.96. The molecule has 1 aliphatic rings. The van der Waals surface area contributed by atoms with Crippen LogP contribution in [0.4, 0.5) is 0 Å². The third-order valence-electron chi connectivity index (χ3n) is 3.39. The molecule has 0 amide bonds. The third-order valence-corrected chi connectivity index (χ3v) is 3.39. The normalized spacial score (nSPS) is 15.7. The van der Waals surface area contributed by atoms with Crippen molar-refractivity contribution in [2.45, 2.75) is 58.5 Å². The molecule has 1 heterocycles. The standard InChI is InChI=1S/C14H26N4/c1-14(2,3)16-9-8-15-10-13-11-6-4-5-7-12(11)17-18-13/h15-16H,4-10H2,1-3H3,(H,17,18). The van der Waals surface area contributed by atoms with Gasteiger partial charge in [0, 0.05) is 30.9 Å². The van der Waals surface area contributed by atoms with Crippen molar-refractivity contribution >= 4 is 0 Å². The zero-order chi connectivity index (χ0) is 13.0. The smallest absolute Gasteiger partial charge is 0.0794 e. The minimum atomic E-state index is 0.202. The van der Waals surface area contributed by atoms with Crippen molar-refractivity contribution in [1.82, 2.24) is 20.8 Å². The molecule has 4 nitrogen and oxygen atoms in total. The maximum atomic E-state index is 4.44. The molecule has 0 atom stereocenters. The van der Waals surface area contributed by atoms with Crippen LogP contribution in [0.1, 0.15) is 50.6 Å². The van der Waals surface area contributed by atoms with Gasteiger partial charge >= 0.3 is 0 Å². The summed E-state index contributed by atoms with van der Waals surface area (Å²) in [6, 6.07) is 0. The number of H-pyrrole nitrogens is 1. The summed E-state index contributed by atoms with van der Waals surface area (Å²) in [4.78, 5) is 0. The molecule has 0 unspecified atom stereocenters. The van der Waals surface area contributed by atoms with Gasteiger partial charge in [0.1, 0.15) is 0 Å². The molecule has 0 saturated heterocycles. The van der Waals surface area contributed by atoms with Gasteiger partial charge in [-0.1, -0.05) is 0 Å². The predicted molar refractivity (Wildman–Crippen MR) is 74.7 cm³/mol. The van der Waals surface area contributed by atoms with Crippen LogP contribution in [0, 0.1) is 0 Å². The predicted octanol–water partition coefficient (Wildman–Crippen LogP) is 1.77. The highest BCUT2D eigenvalue weighted by atomic mass is 15.1. The van der Waals surface area contributed by atoms with E-state index < -0.39 is 0 Å². The lowest BCUT2D eigenvalue weighted by molar-refractivity contribution is 0.421. The molecule has 1 aromatic rings. The van der Waals surface area contributed by atoms with Crippen LogP contribution in [0.15, 0.2) is 0 Å². The van der Waals surface area contributed by atoms with Crippen LogP contribution < -0.4 is 10.6 Å². The molecule has 0 bridgehead atoms. The zero-order valence-corrected chi connectivity index (χ0v) is 11.9. The van der Waals surface area contributed by atoms with E-state index in [1.54, 1.807) is 0 Å². The lowest BCUT2D eigenvalue weighted by Crippen LogP contribution is -2.40. The van der Waals surface area contributed by atoms with Crippen molar-refractivity contribution in [3.8, 4) is 0 Å². The minimum absolute atomic E-state index is 0.202. The molecule has 102 valence electrons. The van der Waals surface area contributed by atoms with Crippen LogP contribution in [-0.2, 0) is 19.4 Å². The van der Waals surface area contributed by atoms with Gasteiger partial charge in [-0.25, -0.2) is 0 Å². The highest BCUT2D eigenvalue weighted by molar-refractivity contribution is 5.27. The first-order chi connectivity index (χ1) is 8.56. The molecule has 1 aliphatic carbocycles. The van der Waals surface area contributed by atoms with E-state index in [1.165, 1.54) is 42.6 Å². The van der Waals surface area contributed by atoms with Gasteiger partial charge in [0.2, 0.25) is 0 Å². The van der Waals surface area contributed by atoms with Crippen LogP contribution in [-0.4, -0.2) is 28.8 Å². The van der Waals surface area contributed by atoms with Crippen LogP contribution in [0.3, 0.4) is 0 Å². The van der Waals surface area contributed by atoms with E-state index in [9.17, 15) is 0 Å². The van der Waals surface area contributed by atoms with E-state index in [0.717, 1.165) is 19.6 Å². The Hall–Kier alpha value is -0.870. The molecular formula is C14H26N4. The van der Waals surface area contributed by atoms with Crippen molar-refractivity contribution in [2.75, 3.05) is 13.1 Å². The largest absolute Gasteiger partial charge is 0.311 e. The van der Waals surface area contributed by atoms with Gasteiger partial charge in [-0.05, 0) is 52.0 Å². The van der Waals surface area contributed by atoms with Gasteiger partial charge in [0.05, 0.1) is 5.69 Å². The molecule has 4 heteroatoms. The van der Waals surface area contributed by atoms with Crippen LogP contribution in [0.5, 0.6) is 0 Å². The molecule has 3 N–H and O–H groups in total. The first kappa shape index (κ1) is 13.6. The molecular weight excluding hydrogens is 224 g/mol. The van der Waals surface area contributed by atoms with Crippen LogP contribution >= 0.6 is 0 Å². The van der Waals surface area contributed by atoms with E-state index in [1.807, 2.05) is 0 Å². The summed E-state index contributed by atoms with van der Waals surface area (Å²) in [6.07, 6.45) is 4.99. The summed E-state index contributed by atoms with van der Waals surface area (Å²) in [7, 11) is 0. The van der Waals surface area contributed by atoms with Gasteiger partial charge in [0.25, 0.3) is 0 Å². The van der Waals surface area contributed by atoms with E-state index in [4.69, 9.17) is 0 Å². The Morgan fingerprint density at radius 2 is 1.94 bits per heavy atom. The van der Waals surface area contributed by atoms with Crippen molar-refractivity contribution in [1.29, 1.82) is 0 Å². The van der Waals surface area contributed by atoms with E-state index in [0.29, 0.717) is 0 Å². The number of hydrogen-bond acceptors (Lipinski definition) is 3. The van der Waals surface area contributed by atoms with Crippen molar-refractivity contribution in [3.05, 3.63) is 17.0 Å². The summed E-state index contributed by atoms with van der Waals surface area (Å²) in [6.45, 7) is 9.44. The number of fused-ring (bicyclic) bond motifs is 1. The van der Waals surface area contributed by atoms with E-state index in [2.05, 4.69) is 41.6 Å². The Balaban J connectivity index is 1.72. The Morgan fingerprint density at radius 3 is 2.72 bits per heavy atom. The Bertz CT molecular complexity index is 376. The molecule has 0 radical (unpaired) electrons. The minimum Gasteiger partial charge on any atom is -0.311 e. The molecule has 1 aromatic heterocycles. The molecule has 18 heavy (non-hydrogen) atoms. The highest BCUT2D eigenvalue weighted by Crippen LogP contribution is 2.21. The number of aromatic amines is 1. The second-order valence-electron chi connectivity index (χ2n) is 6.19. The van der Waals surface area contributed by atoms with Crippen molar-refractivity contribution in [3.63, 3.8) is 0 Å². The summed E-state index contributed by atoms with van der Waals surface area (Å²) in [5.41, 5.74) is 4.26. The summed E-state index contributed by atoms with van der Waals surface area (Å²) in [5.74, 6) is 0. The quantitative estimate of drug-likeness (QED) is 0.698. The molecule has 0 aromatic carbocycles. The zero-order valence-electron chi connectivity index (χ0n) is 11.9. The fraction of sp³-hybridized carbons (Fsp3) is 0.786. The van der Waals surface area contributed by atoms with Gasteiger partial charge in [-0.2, -0.15) is 5.10 Å². The topological polar surface area (TPSA) is 52.7 Å². The van der Waals surface area contributed by atoms with Crippen LogP contribution in [0.2, 0.25) is 0 Å². The second-order valence-corrected chi connectivity index (χ2v) is 6.19. The van der Waals surface area contributed by atoms with Gasteiger partial charge in [-0.15, -0.1) is 0 Å². The van der Waals surface area contributed by atoms with E-state index in [-0.39, 0.29) is 5.54 Å². The molecule has 0 fully saturated rings. The lowest BCUT2D eigenvalue weighted by Gasteiger charge is -2.20. The van der Waals surface area contributed by atoms with E-state index >= 15 is 0 Å². The number of nitrogens with one attached hydrogen (secondary N) is 3. The Morgan fingerprint density at radius 1 is 1.17 bits per heavy atom. The average molecular weight is 250 g/mol. The molecule has 0 aliphatic heterocycles. The fourth-order valence-electron chi connectivity index (χ4n) is 2.43. The summed E-state index contributed by atoms with van der Waals surface area (Å²) >= 11 is 0. The maximum Gasteiger partial charge on any atom is 0.0794 e. The number of aromatic nitrogens is 2. The van der Waals surface area contributed by atoms with Crippen molar-refractivity contribution < 1.29 is 0 Å². The number of rotatable bonds is 5. The second kappa shape index (κ2) is 5.85. The number of hydrogen-bond donors (Lipinski definition) is 3. The Kier molecular flexibility index (Phi) is 4.40.